The van der Waals surface area contributed by atoms with Crippen LogP contribution >= 0.6 is 22.9 Å². The SMILES string of the molecule is CC(C)N(c1ccc(Cl)cc1OCc1ccc(C(=O)O)s1)S(=O)(=O)c1ccccc1. The van der Waals surface area contributed by atoms with E-state index < -0.39 is 16.0 Å². The first-order valence-electron chi connectivity index (χ1n) is 9.04. The Kier molecular flexibility index (Phi) is 6.70. The summed E-state index contributed by atoms with van der Waals surface area (Å²) in [5, 5.41) is 9.47. The van der Waals surface area contributed by atoms with Gasteiger partial charge in [0.25, 0.3) is 10.0 Å². The minimum Gasteiger partial charge on any atom is -0.486 e. The van der Waals surface area contributed by atoms with Gasteiger partial charge in [-0.2, -0.15) is 0 Å². The van der Waals surface area contributed by atoms with Crippen molar-refractivity contribution in [3.05, 3.63) is 75.4 Å². The number of carboxylic acid groups (broad SMARTS) is 1. The number of benzene rings is 2. The molecule has 0 saturated heterocycles. The number of hydrogen-bond acceptors (Lipinski definition) is 5. The Bertz CT molecular complexity index is 1140. The number of rotatable bonds is 8. The smallest absolute Gasteiger partial charge is 0.345 e. The van der Waals surface area contributed by atoms with Crippen LogP contribution in [0.2, 0.25) is 5.02 Å². The molecule has 158 valence electrons. The maximum absolute atomic E-state index is 13.3. The largest absolute Gasteiger partial charge is 0.486 e. The lowest BCUT2D eigenvalue weighted by Crippen LogP contribution is -2.37. The van der Waals surface area contributed by atoms with Gasteiger partial charge in [0, 0.05) is 22.0 Å². The molecule has 3 rings (SSSR count). The number of anilines is 1. The molecule has 3 aromatic rings. The normalized spacial score (nSPS) is 11.5. The van der Waals surface area contributed by atoms with Crippen LogP contribution in [0.3, 0.4) is 0 Å². The van der Waals surface area contributed by atoms with E-state index in [0.717, 1.165) is 11.3 Å². The topological polar surface area (TPSA) is 83.9 Å². The Labute approximate surface area is 184 Å². The number of nitrogens with zero attached hydrogens (tertiary/aromatic N) is 1. The molecule has 1 N–H and O–H groups in total. The van der Waals surface area contributed by atoms with Crippen LogP contribution in [0.25, 0.3) is 0 Å². The van der Waals surface area contributed by atoms with Gasteiger partial charge in [0.1, 0.15) is 17.2 Å². The predicted octanol–water partition coefficient (Wildman–Crippen LogP) is 5.28. The van der Waals surface area contributed by atoms with Crippen LogP contribution in [0.4, 0.5) is 5.69 Å². The molecule has 0 amide bonds. The van der Waals surface area contributed by atoms with Crippen molar-refractivity contribution in [3.63, 3.8) is 0 Å². The van der Waals surface area contributed by atoms with Gasteiger partial charge >= 0.3 is 5.97 Å². The molecule has 1 aromatic heterocycles. The van der Waals surface area contributed by atoms with Crippen LogP contribution in [0.1, 0.15) is 28.4 Å². The van der Waals surface area contributed by atoms with Gasteiger partial charge in [0.15, 0.2) is 0 Å². The number of halogens is 1. The highest BCUT2D eigenvalue weighted by Gasteiger charge is 2.30. The molecule has 0 saturated carbocycles. The summed E-state index contributed by atoms with van der Waals surface area (Å²) in [4.78, 5) is 12.1. The summed E-state index contributed by atoms with van der Waals surface area (Å²) in [7, 11) is -3.84. The zero-order valence-corrected chi connectivity index (χ0v) is 18.7. The molecule has 0 atom stereocenters. The number of ether oxygens (including phenoxy) is 1. The van der Waals surface area contributed by atoms with Crippen molar-refractivity contribution in [3.8, 4) is 5.75 Å². The number of sulfonamides is 1. The molecular weight excluding hydrogens is 446 g/mol. The van der Waals surface area contributed by atoms with E-state index in [1.807, 2.05) is 0 Å². The first-order valence-corrected chi connectivity index (χ1v) is 11.7. The number of aromatic carboxylic acids is 1. The van der Waals surface area contributed by atoms with Gasteiger partial charge < -0.3 is 9.84 Å². The molecule has 0 spiro atoms. The maximum atomic E-state index is 13.3. The van der Waals surface area contributed by atoms with Crippen LogP contribution in [-0.4, -0.2) is 25.5 Å². The van der Waals surface area contributed by atoms with Crippen LogP contribution in [0.15, 0.2) is 65.6 Å². The quantitative estimate of drug-likeness (QED) is 0.489. The maximum Gasteiger partial charge on any atom is 0.345 e. The fraction of sp³-hybridized carbons (Fsp3) is 0.190. The van der Waals surface area contributed by atoms with Crippen molar-refractivity contribution in [1.82, 2.24) is 0 Å². The lowest BCUT2D eigenvalue weighted by Gasteiger charge is -2.30. The van der Waals surface area contributed by atoms with E-state index in [1.165, 1.54) is 10.4 Å². The third-order valence-corrected chi connectivity index (χ3v) is 7.46. The highest BCUT2D eigenvalue weighted by molar-refractivity contribution is 7.92. The number of carbonyl (C=O) groups is 1. The summed E-state index contributed by atoms with van der Waals surface area (Å²) < 4.78 is 33.9. The second-order valence-corrected chi connectivity index (χ2v) is 10.1. The Balaban J connectivity index is 1.98. The summed E-state index contributed by atoms with van der Waals surface area (Å²) in [5.41, 5.74) is 0.355. The molecule has 0 bridgehead atoms. The molecule has 0 aliphatic rings. The molecule has 0 fully saturated rings. The fourth-order valence-electron chi connectivity index (χ4n) is 2.90. The van der Waals surface area contributed by atoms with Gasteiger partial charge in [0.05, 0.1) is 10.6 Å². The number of thiophene rings is 1. The average Bonchev–Trinajstić information content (AvgIpc) is 3.18. The third-order valence-electron chi connectivity index (χ3n) is 4.17. The van der Waals surface area contributed by atoms with Crippen molar-refractivity contribution in [2.45, 2.75) is 31.4 Å². The fourth-order valence-corrected chi connectivity index (χ4v) is 5.51. The standard InChI is InChI=1S/C21H20ClNO5S2/c1-14(2)23(30(26,27)17-6-4-3-5-7-17)18-10-8-15(22)12-19(18)28-13-16-9-11-20(29-16)21(24)25/h3-12,14H,13H2,1-2H3,(H,24,25). The molecule has 0 aliphatic carbocycles. The lowest BCUT2D eigenvalue weighted by molar-refractivity contribution is 0.0702. The average molecular weight is 466 g/mol. The lowest BCUT2D eigenvalue weighted by atomic mass is 10.2. The van der Waals surface area contributed by atoms with Gasteiger partial charge in [0.2, 0.25) is 0 Å². The minimum atomic E-state index is -3.84. The summed E-state index contributed by atoms with van der Waals surface area (Å²) in [6.07, 6.45) is 0. The minimum absolute atomic E-state index is 0.0859. The zero-order valence-electron chi connectivity index (χ0n) is 16.3. The van der Waals surface area contributed by atoms with E-state index in [1.54, 1.807) is 68.4 Å². The van der Waals surface area contributed by atoms with Crippen molar-refractivity contribution in [2.75, 3.05) is 4.31 Å². The van der Waals surface area contributed by atoms with E-state index in [0.29, 0.717) is 21.3 Å². The monoisotopic (exact) mass is 465 g/mol. The van der Waals surface area contributed by atoms with E-state index in [9.17, 15) is 13.2 Å². The van der Waals surface area contributed by atoms with Crippen LogP contribution in [0, 0.1) is 0 Å². The number of carboxylic acids is 1. The molecule has 0 radical (unpaired) electrons. The van der Waals surface area contributed by atoms with Crippen molar-refractivity contribution in [1.29, 1.82) is 0 Å². The molecule has 6 nitrogen and oxygen atoms in total. The van der Waals surface area contributed by atoms with Gasteiger partial charge in [-0.1, -0.05) is 29.8 Å². The van der Waals surface area contributed by atoms with Crippen LogP contribution < -0.4 is 9.04 Å². The first kappa shape index (κ1) is 22.1. The summed E-state index contributed by atoms with van der Waals surface area (Å²) in [6.45, 7) is 3.64. The van der Waals surface area contributed by atoms with E-state index in [-0.39, 0.29) is 22.4 Å². The Morgan fingerprint density at radius 1 is 1.13 bits per heavy atom. The van der Waals surface area contributed by atoms with Gasteiger partial charge in [-0.15, -0.1) is 11.3 Å². The second kappa shape index (κ2) is 9.07. The van der Waals surface area contributed by atoms with E-state index >= 15 is 0 Å². The summed E-state index contributed by atoms with van der Waals surface area (Å²) in [6, 6.07) is 15.7. The Morgan fingerprint density at radius 3 is 2.43 bits per heavy atom. The summed E-state index contributed by atoms with van der Waals surface area (Å²) in [5.74, 6) is -0.712. The molecule has 30 heavy (non-hydrogen) atoms. The highest BCUT2D eigenvalue weighted by atomic mass is 35.5. The number of hydrogen-bond donors (Lipinski definition) is 1. The van der Waals surface area contributed by atoms with E-state index in [4.69, 9.17) is 21.4 Å². The predicted molar refractivity (Wildman–Crippen MR) is 118 cm³/mol. The van der Waals surface area contributed by atoms with Crippen LogP contribution in [0.5, 0.6) is 5.75 Å². The molecule has 0 aliphatic heterocycles. The van der Waals surface area contributed by atoms with Crippen LogP contribution in [-0.2, 0) is 16.6 Å². The van der Waals surface area contributed by atoms with Gasteiger partial charge in [-0.05, 0) is 50.2 Å². The molecule has 9 heteroatoms. The highest BCUT2D eigenvalue weighted by Crippen LogP contribution is 2.37. The van der Waals surface area contributed by atoms with Gasteiger partial charge in [-0.25, -0.2) is 13.2 Å². The second-order valence-electron chi connectivity index (χ2n) is 6.68. The zero-order chi connectivity index (χ0) is 21.9. The Morgan fingerprint density at radius 2 is 1.83 bits per heavy atom. The Hall–Kier alpha value is -2.55. The molecular formula is C21H20ClNO5S2. The third kappa shape index (κ3) is 4.77. The first-order chi connectivity index (χ1) is 14.2. The van der Waals surface area contributed by atoms with Gasteiger partial charge in [-0.3, -0.25) is 4.31 Å². The van der Waals surface area contributed by atoms with Crippen molar-refractivity contribution in [2.24, 2.45) is 0 Å². The van der Waals surface area contributed by atoms with E-state index in [2.05, 4.69) is 0 Å². The van der Waals surface area contributed by atoms with Crippen molar-refractivity contribution >= 4 is 44.6 Å². The molecule has 2 aromatic carbocycles. The van der Waals surface area contributed by atoms with Crippen molar-refractivity contribution < 1.29 is 23.1 Å². The summed E-state index contributed by atoms with van der Waals surface area (Å²) >= 11 is 7.23. The molecule has 1 heterocycles. The molecule has 0 unspecified atom stereocenters.